The summed E-state index contributed by atoms with van der Waals surface area (Å²) in [6.45, 7) is 2.28. The van der Waals surface area contributed by atoms with E-state index in [2.05, 4.69) is 24.4 Å². The molecule has 0 aromatic heterocycles. The van der Waals surface area contributed by atoms with E-state index in [-0.39, 0.29) is 0 Å². The highest BCUT2D eigenvalue weighted by atomic mass is 32.1. The Morgan fingerprint density at radius 2 is 1.27 bits per heavy atom. The van der Waals surface area contributed by atoms with E-state index in [0.29, 0.717) is 0 Å². The van der Waals surface area contributed by atoms with E-state index >= 15 is 0 Å². The van der Waals surface area contributed by atoms with E-state index in [9.17, 15) is 0 Å². The number of rotatable bonds is 13. The third kappa shape index (κ3) is 10.8. The Hall–Kier alpha value is -0.890. The Morgan fingerprint density at radius 1 is 0.773 bits per heavy atom. The minimum atomic E-state index is 0.974. The second-order valence-electron chi connectivity index (χ2n) is 6.20. The van der Waals surface area contributed by atoms with E-state index in [0.717, 1.165) is 17.1 Å². The molecule has 0 aliphatic heterocycles. The molecule has 124 valence electrons. The highest BCUT2D eigenvalue weighted by Crippen LogP contribution is 2.13. The predicted molar refractivity (Wildman–Crippen MR) is 104 cm³/mol. The van der Waals surface area contributed by atoms with Gasteiger partial charge < -0.3 is 5.32 Å². The third-order valence-corrected chi connectivity index (χ3v) is 4.37. The molecule has 0 heterocycles. The molecule has 1 aromatic rings. The van der Waals surface area contributed by atoms with Gasteiger partial charge in [0.2, 0.25) is 0 Å². The Kier molecular flexibility index (Phi) is 12.0. The predicted octanol–water partition coefficient (Wildman–Crippen LogP) is 7.13. The van der Waals surface area contributed by atoms with Crippen molar-refractivity contribution in [3.63, 3.8) is 0 Å². The monoisotopic (exact) mass is 319 g/mol. The van der Waals surface area contributed by atoms with Gasteiger partial charge >= 0.3 is 0 Å². The van der Waals surface area contributed by atoms with Gasteiger partial charge in [-0.25, -0.2) is 0 Å². The lowest BCUT2D eigenvalue weighted by Crippen LogP contribution is -2.08. The molecule has 0 spiro atoms. The van der Waals surface area contributed by atoms with E-state index in [4.69, 9.17) is 12.2 Å². The van der Waals surface area contributed by atoms with Crippen LogP contribution in [-0.4, -0.2) is 4.99 Å². The maximum Gasteiger partial charge on any atom is 0.0797 e. The smallest absolute Gasteiger partial charge is 0.0797 e. The van der Waals surface area contributed by atoms with Crippen molar-refractivity contribution in [2.24, 2.45) is 0 Å². The van der Waals surface area contributed by atoms with Crippen molar-refractivity contribution in [2.45, 2.75) is 84.0 Å². The molecule has 0 fully saturated rings. The number of hydrogen-bond donors (Lipinski definition) is 1. The summed E-state index contributed by atoms with van der Waals surface area (Å²) in [4.78, 5) is 0.974. The molecule has 1 nitrogen and oxygen atoms in total. The van der Waals surface area contributed by atoms with Gasteiger partial charge in [-0.3, -0.25) is 0 Å². The van der Waals surface area contributed by atoms with E-state index in [1.807, 2.05) is 18.2 Å². The first-order valence-corrected chi connectivity index (χ1v) is 9.58. The lowest BCUT2D eigenvalue weighted by molar-refractivity contribution is 0.552. The molecular formula is C20H33NS. The van der Waals surface area contributed by atoms with Gasteiger partial charge in [0.05, 0.1) is 4.99 Å². The standard InChI is InChI=1S/C20H33NS/c1-2-3-4-5-6-7-8-9-10-11-15-18-20(22)21-19-16-13-12-14-17-19/h12-14,16-17H,2-11,15,18H2,1H3,(H,21,22). The second kappa shape index (κ2) is 13.8. The largest absolute Gasteiger partial charge is 0.350 e. The van der Waals surface area contributed by atoms with Gasteiger partial charge in [0.1, 0.15) is 0 Å². The minimum Gasteiger partial charge on any atom is -0.350 e. The number of thiocarbonyl (C=S) groups is 1. The van der Waals surface area contributed by atoms with Crippen LogP contribution >= 0.6 is 12.2 Å². The minimum absolute atomic E-state index is 0.974. The quantitative estimate of drug-likeness (QED) is 0.306. The SMILES string of the molecule is CCCCCCCCCCCCCC(=S)Nc1ccccc1. The second-order valence-corrected chi connectivity index (χ2v) is 6.69. The molecule has 0 radical (unpaired) electrons. The van der Waals surface area contributed by atoms with Crippen molar-refractivity contribution in [3.8, 4) is 0 Å². The van der Waals surface area contributed by atoms with E-state index in [1.165, 1.54) is 70.6 Å². The Morgan fingerprint density at radius 3 is 1.82 bits per heavy atom. The number of nitrogens with one attached hydrogen (secondary N) is 1. The van der Waals surface area contributed by atoms with Gasteiger partial charge in [0, 0.05) is 5.69 Å². The molecule has 1 rings (SSSR count). The number of unbranched alkanes of at least 4 members (excludes halogenated alkanes) is 10. The molecule has 0 bridgehead atoms. The zero-order chi connectivity index (χ0) is 15.9. The molecule has 0 aliphatic rings. The van der Waals surface area contributed by atoms with Crippen molar-refractivity contribution in [1.29, 1.82) is 0 Å². The topological polar surface area (TPSA) is 12.0 Å². The summed E-state index contributed by atoms with van der Waals surface area (Å²) in [7, 11) is 0. The summed E-state index contributed by atoms with van der Waals surface area (Å²) in [6.07, 6.45) is 16.2. The first-order valence-electron chi connectivity index (χ1n) is 9.18. The van der Waals surface area contributed by atoms with Gasteiger partial charge in [-0.1, -0.05) is 102 Å². The van der Waals surface area contributed by atoms with E-state index in [1.54, 1.807) is 0 Å². The van der Waals surface area contributed by atoms with Crippen molar-refractivity contribution < 1.29 is 0 Å². The van der Waals surface area contributed by atoms with Gasteiger partial charge in [0.25, 0.3) is 0 Å². The van der Waals surface area contributed by atoms with E-state index < -0.39 is 0 Å². The molecule has 0 unspecified atom stereocenters. The average Bonchev–Trinajstić information content (AvgIpc) is 2.53. The van der Waals surface area contributed by atoms with Crippen LogP contribution in [0.5, 0.6) is 0 Å². The molecule has 0 saturated carbocycles. The summed E-state index contributed by atoms with van der Waals surface area (Å²) in [5, 5.41) is 3.31. The Balaban J connectivity index is 1.86. The molecule has 2 heteroatoms. The molecule has 0 saturated heterocycles. The molecule has 0 amide bonds. The molecule has 22 heavy (non-hydrogen) atoms. The van der Waals surface area contributed by atoms with Crippen LogP contribution < -0.4 is 5.32 Å². The number of benzene rings is 1. The fraction of sp³-hybridized carbons (Fsp3) is 0.650. The summed E-state index contributed by atoms with van der Waals surface area (Å²) in [5.74, 6) is 0. The summed E-state index contributed by atoms with van der Waals surface area (Å²) >= 11 is 5.39. The van der Waals surface area contributed by atoms with Gasteiger partial charge in [-0.15, -0.1) is 0 Å². The lowest BCUT2D eigenvalue weighted by Gasteiger charge is -2.07. The van der Waals surface area contributed by atoms with Crippen molar-refractivity contribution in [2.75, 3.05) is 5.32 Å². The lowest BCUT2D eigenvalue weighted by atomic mass is 10.1. The maximum absolute atomic E-state index is 5.39. The van der Waals surface area contributed by atoms with Crippen LogP contribution in [0.1, 0.15) is 84.0 Å². The first-order chi connectivity index (χ1) is 10.8. The molecule has 1 aromatic carbocycles. The number of anilines is 1. The molecule has 1 N–H and O–H groups in total. The zero-order valence-corrected chi connectivity index (χ0v) is 15.1. The fourth-order valence-electron chi connectivity index (χ4n) is 2.69. The fourth-order valence-corrected chi connectivity index (χ4v) is 2.96. The normalized spacial score (nSPS) is 10.6. The van der Waals surface area contributed by atoms with Crippen LogP contribution in [0.3, 0.4) is 0 Å². The van der Waals surface area contributed by atoms with Crippen molar-refractivity contribution >= 4 is 22.9 Å². The van der Waals surface area contributed by atoms with Gasteiger partial charge in [-0.2, -0.15) is 0 Å². The molecular weight excluding hydrogens is 286 g/mol. The molecule has 0 atom stereocenters. The Labute approximate surface area is 142 Å². The summed E-state index contributed by atoms with van der Waals surface area (Å²) < 4.78 is 0. The Bertz CT molecular complexity index is 375. The van der Waals surface area contributed by atoms with Crippen LogP contribution in [0.2, 0.25) is 0 Å². The molecule has 0 aliphatic carbocycles. The van der Waals surface area contributed by atoms with Crippen LogP contribution in [0.4, 0.5) is 5.69 Å². The average molecular weight is 320 g/mol. The highest BCUT2D eigenvalue weighted by molar-refractivity contribution is 7.80. The van der Waals surface area contributed by atoms with Gasteiger partial charge in [0.15, 0.2) is 0 Å². The zero-order valence-electron chi connectivity index (χ0n) is 14.3. The van der Waals surface area contributed by atoms with Crippen LogP contribution in [-0.2, 0) is 0 Å². The van der Waals surface area contributed by atoms with Crippen LogP contribution in [0.25, 0.3) is 0 Å². The van der Waals surface area contributed by atoms with Gasteiger partial charge in [-0.05, 0) is 25.0 Å². The summed E-state index contributed by atoms with van der Waals surface area (Å²) in [5.41, 5.74) is 1.11. The number of para-hydroxylation sites is 1. The van der Waals surface area contributed by atoms with Crippen LogP contribution in [0, 0.1) is 0 Å². The third-order valence-electron chi connectivity index (χ3n) is 4.06. The van der Waals surface area contributed by atoms with Crippen molar-refractivity contribution in [1.82, 2.24) is 0 Å². The van der Waals surface area contributed by atoms with Crippen molar-refractivity contribution in [3.05, 3.63) is 30.3 Å². The first kappa shape index (κ1) is 19.2. The highest BCUT2D eigenvalue weighted by Gasteiger charge is 1.98. The van der Waals surface area contributed by atoms with Crippen LogP contribution in [0.15, 0.2) is 30.3 Å². The summed E-state index contributed by atoms with van der Waals surface area (Å²) in [6, 6.07) is 10.2. The maximum atomic E-state index is 5.39. The number of hydrogen-bond acceptors (Lipinski definition) is 1.